The molecule has 1 aliphatic carbocycles. The molecule has 2 aromatic carbocycles. The molecule has 24 heavy (non-hydrogen) atoms. The maximum absolute atomic E-state index is 13.3. The van der Waals surface area contributed by atoms with E-state index >= 15 is 0 Å². The van der Waals surface area contributed by atoms with Crippen molar-refractivity contribution in [3.63, 3.8) is 0 Å². The van der Waals surface area contributed by atoms with Gasteiger partial charge in [0, 0.05) is 10.9 Å². The van der Waals surface area contributed by atoms with Gasteiger partial charge in [0.05, 0.1) is 10.9 Å². The highest BCUT2D eigenvalue weighted by molar-refractivity contribution is 8.01. The molecule has 0 aromatic heterocycles. The van der Waals surface area contributed by atoms with Gasteiger partial charge in [-0.2, -0.15) is 0 Å². The van der Waals surface area contributed by atoms with Crippen LogP contribution in [0.3, 0.4) is 0 Å². The predicted molar refractivity (Wildman–Crippen MR) is 101 cm³/mol. The third-order valence-electron chi connectivity index (χ3n) is 5.11. The Morgan fingerprint density at radius 1 is 0.917 bits per heavy atom. The first kappa shape index (κ1) is 15.8. The molecule has 2 aromatic rings. The molecule has 1 unspecified atom stereocenters. The number of thioether (sulfide) groups is 1. The van der Waals surface area contributed by atoms with Crippen LogP contribution in [0.4, 0.5) is 5.69 Å². The normalized spacial score (nSPS) is 21.6. The van der Waals surface area contributed by atoms with Crippen molar-refractivity contribution in [2.45, 2.75) is 54.7 Å². The Morgan fingerprint density at radius 3 is 2.42 bits per heavy atom. The fourth-order valence-corrected chi connectivity index (χ4v) is 5.15. The molecule has 1 aliphatic heterocycles. The fourth-order valence-electron chi connectivity index (χ4n) is 3.91. The van der Waals surface area contributed by atoms with Gasteiger partial charge in [-0.05, 0) is 37.0 Å². The number of rotatable bonds is 3. The lowest BCUT2D eigenvalue weighted by Crippen LogP contribution is -2.48. The molecule has 0 N–H and O–H groups in total. The molecule has 1 saturated carbocycles. The molecule has 0 spiro atoms. The monoisotopic (exact) mass is 337 g/mol. The highest BCUT2D eigenvalue weighted by atomic mass is 32.2. The first-order chi connectivity index (χ1) is 11.8. The average molecular weight is 337 g/mol. The standard InChI is InChI=1S/C21H23NOS/c23-21-20(15-16-9-3-1-4-10-16)24-19-14-8-7-13-18(19)22(21)17-11-5-2-6-12-17/h1,3-4,7-10,13-14,17,20H,2,5-6,11-12,15H2. The number of fused-ring (bicyclic) bond motifs is 1. The summed E-state index contributed by atoms with van der Waals surface area (Å²) in [4.78, 5) is 16.7. The van der Waals surface area contributed by atoms with E-state index in [-0.39, 0.29) is 5.25 Å². The summed E-state index contributed by atoms with van der Waals surface area (Å²) in [6.45, 7) is 0. The number of hydrogen-bond acceptors (Lipinski definition) is 2. The van der Waals surface area contributed by atoms with E-state index < -0.39 is 0 Å². The molecule has 1 atom stereocenters. The van der Waals surface area contributed by atoms with Gasteiger partial charge in [-0.15, -0.1) is 11.8 Å². The summed E-state index contributed by atoms with van der Waals surface area (Å²) in [7, 11) is 0. The van der Waals surface area contributed by atoms with Crippen LogP contribution >= 0.6 is 11.8 Å². The highest BCUT2D eigenvalue weighted by Gasteiger charge is 2.37. The Labute approximate surface area is 148 Å². The minimum absolute atomic E-state index is 0.00998. The lowest BCUT2D eigenvalue weighted by molar-refractivity contribution is -0.118. The van der Waals surface area contributed by atoms with Gasteiger partial charge < -0.3 is 4.90 Å². The summed E-state index contributed by atoms with van der Waals surface area (Å²) in [6.07, 6.45) is 6.88. The zero-order valence-electron chi connectivity index (χ0n) is 13.9. The van der Waals surface area contributed by atoms with Crippen LogP contribution < -0.4 is 4.90 Å². The second kappa shape index (κ2) is 7.02. The minimum Gasteiger partial charge on any atom is -0.307 e. The van der Waals surface area contributed by atoms with Gasteiger partial charge in [0.1, 0.15) is 0 Å². The Hall–Kier alpha value is -1.74. The first-order valence-corrected chi connectivity index (χ1v) is 9.83. The topological polar surface area (TPSA) is 20.3 Å². The second-order valence-electron chi connectivity index (χ2n) is 6.76. The van der Waals surface area contributed by atoms with Gasteiger partial charge in [-0.25, -0.2) is 0 Å². The molecule has 3 heteroatoms. The number of amides is 1. The van der Waals surface area contributed by atoms with Gasteiger partial charge in [0.2, 0.25) is 5.91 Å². The Kier molecular flexibility index (Phi) is 4.61. The molecule has 0 bridgehead atoms. The maximum atomic E-state index is 13.3. The van der Waals surface area contributed by atoms with E-state index in [1.54, 1.807) is 11.8 Å². The lowest BCUT2D eigenvalue weighted by atomic mass is 9.93. The van der Waals surface area contributed by atoms with Crippen molar-refractivity contribution in [1.82, 2.24) is 0 Å². The van der Waals surface area contributed by atoms with Crippen molar-refractivity contribution in [3.8, 4) is 0 Å². The largest absolute Gasteiger partial charge is 0.307 e. The summed E-state index contributed by atoms with van der Waals surface area (Å²) < 4.78 is 0. The SMILES string of the molecule is O=C1C(Cc2ccccc2)Sc2ccccc2N1C1CCCCC1. The van der Waals surface area contributed by atoms with Crippen molar-refractivity contribution < 1.29 is 4.79 Å². The number of nitrogens with zero attached hydrogens (tertiary/aromatic N) is 1. The van der Waals surface area contributed by atoms with E-state index in [4.69, 9.17) is 0 Å². The zero-order valence-corrected chi connectivity index (χ0v) is 14.7. The van der Waals surface area contributed by atoms with Gasteiger partial charge in [-0.3, -0.25) is 4.79 Å². The van der Waals surface area contributed by atoms with Crippen molar-refractivity contribution in [2.75, 3.05) is 4.90 Å². The third-order valence-corrected chi connectivity index (χ3v) is 6.36. The van der Waals surface area contributed by atoms with Gasteiger partial charge in [0.15, 0.2) is 0 Å². The molecule has 2 nitrogen and oxygen atoms in total. The van der Waals surface area contributed by atoms with E-state index in [2.05, 4.69) is 53.4 Å². The van der Waals surface area contributed by atoms with Crippen molar-refractivity contribution >= 4 is 23.4 Å². The van der Waals surface area contributed by atoms with Gasteiger partial charge in [-0.1, -0.05) is 61.7 Å². The molecule has 1 amide bonds. The van der Waals surface area contributed by atoms with Crippen LogP contribution in [0, 0.1) is 0 Å². The summed E-state index contributed by atoms with van der Waals surface area (Å²) in [5.41, 5.74) is 2.37. The number of carbonyl (C=O) groups excluding carboxylic acids is 1. The Balaban J connectivity index is 1.65. The quantitative estimate of drug-likeness (QED) is 0.779. The van der Waals surface area contributed by atoms with Crippen LogP contribution in [0.25, 0.3) is 0 Å². The molecular weight excluding hydrogens is 314 g/mol. The molecule has 4 rings (SSSR count). The van der Waals surface area contributed by atoms with Crippen LogP contribution in [-0.2, 0) is 11.2 Å². The van der Waals surface area contributed by atoms with E-state index in [9.17, 15) is 4.79 Å². The Morgan fingerprint density at radius 2 is 1.62 bits per heavy atom. The summed E-state index contributed by atoms with van der Waals surface area (Å²) >= 11 is 1.74. The van der Waals surface area contributed by atoms with E-state index in [0.29, 0.717) is 11.9 Å². The van der Waals surface area contributed by atoms with Crippen LogP contribution in [0.1, 0.15) is 37.7 Å². The second-order valence-corrected chi connectivity index (χ2v) is 8.01. The summed E-state index contributed by atoms with van der Waals surface area (Å²) in [5, 5.41) is -0.00998. The number of hydrogen-bond donors (Lipinski definition) is 0. The smallest absolute Gasteiger partial charge is 0.241 e. The van der Waals surface area contributed by atoms with Crippen LogP contribution in [0.5, 0.6) is 0 Å². The Bertz CT molecular complexity index is 709. The van der Waals surface area contributed by atoms with Gasteiger partial charge in [0.25, 0.3) is 0 Å². The number of carbonyl (C=O) groups is 1. The minimum atomic E-state index is -0.00998. The number of anilines is 1. The predicted octanol–water partition coefficient (Wildman–Crippen LogP) is 5.07. The fraction of sp³-hybridized carbons (Fsp3) is 0.381. The van der Waals surface area contributed by atoms with Crippen LogP contribution in [0.15, 0.2) is 59.5 Å². The van der Waals surface area contributed by atoms with E-state index in [1.165, 1.54) is 29.7 Å². The van der Waals surface area contributed by atoms with E-state index in [1.807, 2.05) is 6.07 Å². The molecule has 1 fully saturated rings. The summed E-state index contributed by atoms with van der Waals surface area (Å²) in [6, 6.07) is 19.2. The van der Waals surface area contributed by atoms with Crippen LogP contribution in [-0.4, -0.2) is 17.2 Å². The molecule has 124 valence electrons. The molecule has 0 saturated heterocycles. The van der Waals surface area contributed by atoms with Crippen molar-refractivity contribution in [2.24, 2.45) is 0 Å². The first-order valence-electron chi connectivity index (χ1n) is 8.95. The lowest BCUT2D eigenvalue weighted by Gasteiger charge is -2.40. The number of para-hydroxylation sites is 1. The highest BCUT2D eigenvalue weighted by Crippen LogP contribution is 2.42. The third kappa shape index (κ3) is 3.10. The molecule has 0 radical (unpaired) electrons. The van der Waals surface area contributed by atoms with Gasteiger partial charge >= 0.3 is 0 Å². The van der Waals surface area contributed by atoms with Crippen molar-refractivity contribution in [1.29, 1.82) is 0 Å². The van der Waals surface area contributed by atoms with E-state index in [0.717, 1.165) is 24.9 Å². The average Bonchev–Trinajstić information content (AvgIpc) is 2.64. The molecular formula is C21H23NOS. The molecule has 2 aliphatic rings. The van der Waals surface area contributed by atoms with Crippen LogP contribution in [0.2, 0.25) is 0 Å². The molecule has 1 heterocycles. The van der Waals surface area contributed by atoms with Crippen molar-refractivity contribution in [3.05, 3.63) is 60.2 Å². The zero-order chi connectivity index (χ0) is 16.4. The number of benzene rings is 2. The maximum Gasteiger partial charge on any atom is 0.241 e. The summed E-state index contributed by atoms with van der Waals surface area (Å²) in [5.74, 6) is 0.300.